The second kappa shape index (κ2) is 8.84. The van der Waals surface area contributed by atoms with E-state index >= 15 is 0 Å². The van der Waals surface area contributed by atoms with Crippen molar-refractivity contribution in [3.05, 3.63) is 96.1 Å². The molecule has 30 heavy (non-hydrogen) atoms. The second-order valence-corrected chi connectivity index (χ2v) is 6.63. The van der Waals surface area contributed by atoms with Crippen LogP contribution in [0.2, 0.25) is 0 Å². The van der Waals surface area contributed by atoms with Gasteiger partial charge in [0.1, 0.15) is 18.4 Å². The number of allylic oxidation sites excluding steroid dienone is 1. The summed E-state index contributed by atoms with van der Waals surface area (Å²) in [7, 11) is 1.85. The standard InChI is InChI=1S/C24H19N5O/c1-29-23(19-9-3-2-4-10-19)27-28-24(29)21(15-25)14-20-11-5-6-12-22(20)30-17-18-8-7-13-26-16-18/h2-14,16H,17H2,1H3/b21-14+. The van der Waals surface area contributed by atoms with E-state index in [2.05, 4.69) is 21.3 Å². The summed E-state index contributed by atoms with van der Waals surface area (Å²) in [6.45, 7) is 0.392. The van der Waals surface area contributed by atoms with E-state index in [4.69, 9.17) is 4.74 Å². The number of pyridine rings is 1. The third-order valence-corrected chi connectivity index (χ3v) is 4.60. The van der Waals surface area contributed by atoms with E-state index in [0.29, 0.717) is 29.6 Å². The third-order valence-electron chi connectivity index (χ3n) is 4.60. The number of benzene rings is 2. The van der Waals surface area contributed by atoms with E-state index in [1.165, 1.54) is 0 Å². The first-order valence-electron chi connectivity index (χ1n) is 9.44. The van der Waals surface area contributed by atoms with E-state index in [-0.39, 0.29) is 0 Å². The summed E-state index contributed by atoms with van der Waals surface area (Å²) in [5, 5.41) is 18.3. The molecule has 0 aliphatic heterocycles. The molecule has 0 bridgehead atoms. The average molecular weight is 393 g/mol. The molecule has 0 saturated carbocycles. The normalized spacial score (nSPS) is 11.1. The van der Waals surface area contributed by atoms with Gasteiger partial charge in [-0.05, 0) is 18.2 Å². The number of rotatable bonds is 6. The first-order valence-corrected chi connectivity index (χ1v) is 9.44. The molecule has 0 spiro atoms. The number of aromatic nitrogens is 4. The molecule has 6 heteroatoms. The third kappa shape index (κ3) is 4.10. The molecule has 146 valence electrons. The fourth-order valence-corrected chi connectivity index (χ4v) is 3.08. The summed E-state index contributed by atoms with van der Waals surface area (Å²) in [6, 6.07) is 23.4. The Balaban J connectivity index is 1.64. The minimum Gasteiger partial charge on any atom is -0.488 e. The SMILES string of the molecule is Cn1c(/C(C#N)=C/c2ccccc2OCc2cccnc2)nnc1-c1ccccc1. The molecular weight excluding hydrogens is 374 g/mol. The zero-order valence-corrected chi connectivity index (χ0v) is 16.4. The lowest BCUT2D eigenvalue weighted by atomic mass is 10.1. The van der Waals surface area contributed by atoms with Gasteiger partial charge in [-0.25, -0.2) is 0 Å². The molecule has 0 aliphatic carbocycles. The lowest BCUT2D eigenvalue weighted by Crippen LogP contribution is -2.00. The van der Waals surface area contributed by atoms with Gasteiger partial charge in [-0.2, -0.15) is 5.26 Å². The zero-order chi connectivity index (χ0) is 20.8. The van der Waals surface area contributed by atoms with Crippen LogP contribution in [0.15, 0.2) is 79.1 Å². The molecule has 0 atom stereocenters. The maximum Gasteiger partial charge on any atom is 0.174 e. The molecule has 0 amide bonds. The van der Waals surface area contributed by atoms with Crippen LogP contribution in [0.1, 0.15) is 17.0 Å². The second-order valence-electron chi connectivity index (χ2n) is 6.63. The lowest BCUT2D eigenvalue weighted by molar-refractivity contribution is 0.305. The van der Waals surface area contributed by atoms with Gasteiger partial charge in [0, 0.05) is 36.1 Å². The quantitative estimate of drug-likeness (QED) is 0.450. The molecule has 0 N–H and O–H groups in total. The summed E-state index contributed by atoms with van der Waals surface area (Å²) in [5.41, 5.74) is 3.11. The van der Waals surface area contributed by atoms with Crippen LogP contribution < -0.4 is 4.74 Å². The average Bonchev–Trinajstić information content (AvgIpc) is 3.19. The van der Waals surface area contributed by atoms with Crippen molar-refractivity contribution in [2.45, 2.75) is 6.61 Å². The molecule has 4 rings (SSSR count). The van der Waals surface area contributed by atoms with Gasteiger partial charge in [0.15, 0.2) is 11.6 Å². The van der Waals surface area contributed by atoms with E-state index in [9.17, 15) is 5.26 Å². The molecule has 0 radical (unpaired) electrons. The number of hydrogen-bond donors (Lipinski definition) is 0. The fraction of sp³-hybridized carbons (Fsp3) is 0.0833. The predicted octanol–water partition coefficient (Wildman–Crippen LogP) is 4.52. The van der Waals surface area contributed by atoms with Gasteiger partial charge in [-0.15, -0.1) is 10.2 Å². The minimum atomic E-state index is 0.392. The topological polar surface area (TPSA) is 76.6 Å². The van der Waals surface area contributed by atoms with E-state index in [0.717, 1.165) is 16.7 Å². The highest BCUT2D eigenvalue weighted by atomic mass is 16.5. The Hall–Kier alpha value is -4.24. The lowest BCUT2D eigenvalue weighted by Gasteiger charge is -2.09. The minimum absolute atomic E-state index is 0.392. The molecule has 2 heterocycles. The van der Waals surface area contributed by atoms with Crippen molar-refractivity contribution < 1.29 is 4.74 Å². The molecule has 6 nitrogen and oxygen atoms in total. The van der Waals surface area contributed by atoms with Gasteiger partial charge in [0.05, 0.1) is 5.57 Å². The van der Waals surface area contributed by atoms with Crippen molar-refractivity contribution in [1.29, 1.82) is 5.26 Å². The summed E-state index contributed by atoms with van der Waals surface area (Å²) in [6.07, 6.45) is 5.27. The Morgan fingerprint density at radius 1 is 1.03 bits per heavy atom. The number of hydrogen-bond acceptors (Lipinski definition) is 5. The Labute approximate surface area is 174 Å². The molecule has 0 saturated heterocycles. The van der Waals surface area contributed by atoms with Gasteiger partial charge in [-0.1, -0.05) is 54.6 Å². The van der Waals surface area contributed by atoms with Crippen molar-refractivity contribution in [3.8, 4) is 23.2 Å². The van der Waals surface area contributed by atoms with Crippen LogP contribution in [0.3, 0.4) is 0 Å². The van der Waals surface area contributed by atoms with Gasteiger partial charge < -0.3 is 9.30 Å². The van der Waals surface area contributed by atoms with Crippen LogP contribution in [0.25, 0.3) is 23.0 Å². The van der Waals surface area contributed by atoms with E-state index < -0.39 is 0 Å². The highest BCUT2D eigenvalue weighted by Crippen LogP contribution is 2.26. The maximum absolute atomic E-state index is 9.80. The first-order chi connectivity index (χ1) is 14.8. The highest BCUT2D eigenvalue weighted by Gasteiger charge is 2.15. The van der Waals surface area contributed by atoms with Crippen molar-refractivity contribution in [2.75, 3.05) is 0 Å². The van der Waals surface area contributed by atoms with Crippen LogP contribution in [0.4, 0.5) is 0 Å². The zero-order valence-electron chi connectivity index (χ0n) is 16.4. The Bertz CT molecular complexity index is 1210. The van der Waals surface area contributed by atoms with Crippen LogP contribution >= 0.6 is 0 Å². The van der Waals surface area contributed by atoms with Gasteiger partial charge in [0.25, 0.3) is 0 Å². The predicted molar refractivity (Wildman–Crippen MR) is 115 cm³/mol. The summed E-state index contributed by atoms with van der Waals surface area (Å²) >= 11 is 0. The molecule has 4 aromatic rings. The number of nitriles is 1. The van der Waals surface area contributed by atoms with Crippen molar-refractivity contribution in [3.63, 3.8) is 0 Å². The molecular formula is C24H19N5O. The summed E-state index contributed by atoms with van der Waals surface area (Å²) in [4.78, 5) is 4.10. The smallest absolute Gasteiger partial charge is 0.174 e. The van der Waals surface area contributed by atoms with E-state index in [1.807, 2.05) is 78.3 Å². The highest BCUT2D eigenvalue weighted by molar-refractivity contribution is 5.88. The molecule has 2 aromatic carbocycles. The Kier molecular flexibility index (Phi) is 5.63. The largest absolute Gasteiger partial charge is 0.488 e. The first kappa shape index (κ1) is 19.1. The van der Waals surface area contributed by atoms with Crippen LogP contribution in [0.5, 0.6) is 5.75 Å². The van der Waals surface area contributed by atoms with Crippen molar-refractivity contribution >= 4 is 11.6 Å². The Morgan fingerprint density at radius 3 is 2.60 bits per heavy atom. The van der Waals surface area contributed by atoms with Crippen LogP contribution in [-0.4, -0.2) is 19.7 Å². The van der Waals surface area contributed by atoms with Crippen LogP contribution in [0, 0.1) is 11.3 Å². The Morgan fingerprint density at radius 2 is 1.83 bits per heavy atom. The summed E-state index contributed by atoms with van der Waals surface area (Å²) < 4.78 is 7.80. The molecule has 2 aromatic heterocycles. The van der Waals surface area contributed by atoms with Crippen molar-refractivity contribution in [2.24, 2.45) is 7.05 Å². The van der Waals surface area contributed by atoms with Crippen molar-refractivity contribution in [1.82, 2.24) is 19.7 Å². The van der Waals surface area contributed by atoms with Crippen LogP contribution in [-0.2, 0) is 13.7 Å². The monoisotopic (exact) mass is 393 g/mol. The summed E-state index contributed by atoms with van der Waals surface area (Å²) in [5.74, 6) is 1.88. The number of para-hydroxylation sites is 1. The fourth-order valence-electron chi connectivity index (χ4n) is 3.08. The molecule has 0 unspecified atom stereocenters. The van der Waals surface area contributed by atoms with E-state index in [1.54, 1.807) is 18.5 Å². The molecule has 0 aliphatic rings. The van der Waals surface area contributed by atoms with Gasteiger partial charge in [0.2, 0.25) is 0 Å². The molecule has 0 fully saturated rings. The van der Waals surface area contributed by atoms with Gasteiger partial charge >= 0.3 is 0 Å². The number of ether oxygens (including phenoxy) is 1. The maximum atomic E-state index is 9.80. The van der Waals surface area contributed by atoms with Gasteiger partial charge in [-0.3, -0.25) is 4.98 Å². The number of nitrogens with zero attached hydrogens (tertiary/aromatic N) is 5.